The molecule has 4 rings (SSSR count). The summed E-state index contributed by atoms with van der Waals surface area (Å²) in [6.45, 7) is 0. The Labute approximate surface area is 160 Å². The molecule has 2 N–H and O–H groups in total. The average Bonchev–Trinajstić information content (AvgIpc) is 3.39. The topological polar surface area (TPSA) is 67.0 Å². The van der Waals surface area contributed by atoms with Crippen molar-refractivity contribution in [2.24, 2.45) is 5.92 Å². The number of carbonyl (C=O) groups excluding carboxylic acids is 1. The van der Waals surface area contributed by atoms with Crippen LogP contribution in [0.2, 0.25) is 0 Å². The van der Waals surface area contributed by atoms with Gasteiger partial charge in [0.1, 0.15) is 5.82 Å². The molecule has 1 fully saturated rings. The number of hydrogen-bond donors (Lipinski definition) is 2. The number of ether oxygens (including phenoxy) is 1. The van der Waals surface area contributed by atoms with E-state index in [1.807, 2.05) is 0 Å². The SMILES string of the molecule is COc1ccc(C=Cc2n[nH]c3cc(F)c(NC(=O)CC4CC4)cc23)cc1F. The third-order valence-electron chi connectivity index (χ3n) is 4.73. The van der Waals surface area contributed by atoms with Crippen LogP contribution in [0.15, 0.2) is 30.3 Å². The quantitative estimate of drug-likeness (QED) is 0.645. The monoisotopic (exact) mass is 383 g/mol. The van der Waals surface area contributed by atoms with Crippen LogP contribution in [0.4, 0.5) is 14.5 Å². The first-order valence-electron chi connectivity index (χ1n) is 9.02. The van der Waals surface area contributed by atoms with Gasteiger partial charge in [0, 0.05) is 17.9 Å². The number of anilines is 1. The summed E-state index contributed by atoms with van der Waals surface area (Å²) in [6.07, 6.45) is 5.93. The highest BCUT2D eigenvalue weighted by atomic mass is 19.1. The van der Waals surface area contributed by atoms with Crippen LogP contribution in [0.1, 0.15) is 30.5 Å². The number of aromatic amines is 1. The van der Waals surface area contributed by atoms with Gasteiger partial charge in [0.2, 0.25) is 5.91 Å². The number of carbonyl (C=O) groups is 1. The molecular formula is C21H19F2N3O2. The van der Waals surface area contributed by atoms with Gasteiger partial charge in [0.25, 0.3) is 0 Å². The fourth-order valence-corrected chi connectivity index (χ4v) is 3.03. The van der Waals surface area contributed by atoms with Crippen molar-refractivity contribution >= 4 is 34.6 Å². The lowest BCUT2D eigenvalue weighted by Gasteiger charge is -2.06. The van der Waals surface area contributed by atoms with E-state index in [0.29, 0.717) is 34.5 Å². The molecule has 0 spiro atoms. The Morgan fingerprint density at radius 3 is 2.79 bits per heavy atom. The number of rotatable bonds is 6. The summed E-state index contributed by atoms with van der Waals surface area (Å²) in [5, 5.41) is 10.2. The first kappa shape index (κ1) is 18.2. The second-order valence-electron chi connectivity index (χ2n) is 6.91. The number of hydrogen-bond acceptors (Lipinski definition) is 3. The third-order valence-corrected chi connectivity index (χ3v) is 4.73. The maximum atomic E-state index is 14.3. The van der Waals surface area contributed by atoms with E-state index in [9.17, 15) is 13.6 Å². The van der Waals surface area contributed by atoms with E-state index in [2.05, 4.69) is 15.5 Å². The molecule has 0 unspecified atom stereocenters. The van der Waals surface area contributed by atoms with Crippen molar-refractivity contribution < 1.29 is 18.3 Å². The number of benzene rings is 2. The first-order valence-corrected chi connectivity index (χ1v) is 9.02. The Bertz CT molecular complexity index is 1070. The molecule has 0 atom stereocenters. The van der Waals surface area contributed by atoms with Crippen molar-refractivity contribution in [1.29, 1.82) is 0 Å². The summed E-state index contributed by atoms with van der Waals surface area (Å²) in [5.41, 5.74) is 1.83. The van der Waals surface area contributed by atoms with E-state index in [1.165, 1.54) is 19.2 Å². The molecule has 0 aliphatic heterocycles. The van der Waals surface area contributed by atoms with Crippen molar-refractivity contribution in [1.82, 2.24) is 10.2 Å². The molecule has 0 bridgehead atoms. The third kappa shape index (κ3) is 3.88. The molecule has 7 heteroatoms. The molecule has 0 radical (unpaired) electrons. The van der Waals surface area contributed by atoms with Gasteiger partial charge in [-0.25, -0.2) is 8.78 Å². The standard InChI is InChI=1S/C21H19F2N3O2/c1-28-20-7-5-12(8-16(20)23)4-6-17-14-10-19(15(22)11-18(14)26-25-17)24-21(27)9-13-2-3-13/h4-8,10-11,13H,2-3,9H2,1H3,(H,24,27)(H,25,26). The lowest BCUT2D eigenvalue weighted by Crippen LogP contribution is -2.13. The summed E-state index contributed by atoms with van der Waals surface area (Å²) in [6, 6.07) is 7.48. The zero-order chi connectivity index (χ0) is 19.7. The zero-order valence-corrected chi connectivity index (χ0v) is 15.3. The van der Waals surface area contributed by atoms with E-state index in [4.69, 9.17) is 4.74 Å². The molecule has 1 heterocycles. The molecule has 3 aromatic rings. The summed E-state index contributed by atoms with van der Waals surface area (Å²) >= 11 is 0. The molecule has 1 amide bonds. The van der Waals surface area contributed by atoms with Crippen LogP contribution in [0.5, 0.6) is 5.75 Å². The minimum atomic E-state index is -0.520. The second kappa shape index (κ2) is 7.42. The number of H-pyrrole nitrogens is 1. The Morgan fingerprint density at radius 2 is 2.07 bits per heavy atom. The van der Waals surface area contributed by atoms with Crippen LogP contribution in [-0.4, -0.2) is 23.2 Å². The minimum absolute atomic E-state index is 0.129. The number of nitrogens with zero attached hydrogens (tertiary/aromatic N) is 1. The lowest BCUT2D eigenvalue weighted by atomic mass is 10.1. The second-order valence-corrected chi connectivity index (χ2v) is 6.91. The van der Waals surface area contributed by atoms with Crippen molar-refractivity contribution in [3.63, 3.8) is 0 Å². The molecular weight excluding hydrogens is 364 g/mol. The summed E-state index contributed by atoms with van der Waals surface area (Å²) < 4.78 is 33.0. The smallest absolute Gasteiger partial charge is 0.224 e. The van der Waals surface area contributed by atoms with Crippen LogP contribution < -0.4 is 10.1 Å². The van der Waals surface area contributed by atoms with Gasteiger partial charge in [0.15, 0.2) is 11.6 Å². The summed E-state index contributed by atoms with van der Waals surface area (Å²) in [5.74, 6) is -0.573. The van der Waals surface area contributed by atoms with Crippen molar-refractivity contribution in [2.45, 2.75) is 19.3 Å². The number of methoxy groups -OCH3 is 1. The average molecular weight is 383 g/mol. The molecule has 28 heavy (non-hydrogen) atoms. The van der Waals surface area contributed by atoms with Crippen LogP contribution in [-0.2, 0) is 4.79 Å². The Balaban J connectivity index is 1.59. The van der Waals surface area contributed by atoms with Gasteiger partial charge in [-0.3, -0.25) is 9.89 Å². The highest BCUT2D eigenvalue weighted by molar-refractivity contribution is 5.96. The van der Waals surface area contributed by atoms with Gasteiger partial charge in [-0.15, -0.1) is 0 Å². The summed E-state index contributed by atoms with van der Waals surface area (Å²) in [7, 11) is 1.41. The van der Waals surface area contributed by atoms with Crippen LogP contribution in [0.3, 0.4) is 0 Å². The molecule has 2 aromatic carbocycles. The van der Waals surface area contributed by atoms with Gasteiger partial charge in [0.05, 0.1) is 24.0 Å². The number of aromatic nitrogens is 2. The van der Waals surface area contributed by atoms with Gasteiger partial charge in [-0.2, -0.15) is 5.10 Å². The Kier molecular flexibility index (Phi) is 4.81. The van der Waals surface area contributed by atoms with Crippen LogP contribution in [0.25, 0.3) is 23.1 Å². The fraction of sp³-hybridized carbons (Fsp3) is 0.238. The van der Waals surface area contributed by atoms with Crippen molar-refractivity contribution in [2.75, 3.05) is 12.4 Å². The van der Waals surface area contributed by atoms with Gasteiger partial charge in [-0.05, 0) is 48.6 Å². The van der Waals surface area contributed by atoms with E-state index >= 15 is 0 Å². The molecule has 5 nitrogen and oxygen atoms in total. The zero-order valence-electron chi connectivity index (χ0n) is 15.3. The number of nitrogens with one attached hydrogen (secondary N) is 2. The maximum Gasteiger partial charge on any atom is 0.224 e. The molecule has 1 aromatic heterocycles. The highest BCUT2D eigenvalue weighted by Gasteiger charge is 2.24. The predicted molar refractivity (Wildman–Crippen MR) is 104 cm³/mol. The molecule has 1 aliphatic carbocycles. The van der Waals surface area contributed by atoms with Gasteiger partial charge < -0.3 is 10.1 Å². The molecule has 144 valence electrons. The normalized spacial score (nSPS) is 14.0. The fourth-order valence-electron chi connectivity index (χ4n) is 3.03. The van der Waals surface area contributed by atoms with Gasteiger partial charge in [-0.1, -0.05) is 12.1 Å². The predicted octanol–water partition coefficient (Wildman–Crippen LogP) is 4.76. The van der Waals surface area contributed by atoms with E-state index in [-0.39, 0.29) is 17.3 Å². The highest BCUT2D eigenvalue weighted by Crippen LogP contribution is 2.33. The van der Waals surface area contributed by atoms with Crippen molar-refractivity contribution in [3.8, 4) is 5.75 Å². The van der Waals surface area contributed by atoms with Crippen LogP contribution in [0, 0.1) is 17.6 Å². The van der Waals surface area contributed by atoms with E-state index < -0.39 is 11.6 Å². The first-order chi connectivity index (χ1) is 13.5. The number of fused-ring (bicyclic) bond motifs is 1. The minimum Gasteiger partial charge on any atom is -0.494 e. The van der Waals surface area contributed by atoms with E-state index in [1.54, 1.807) is 30.4 Å². The molecule has 1 saturated carbocycles. The number of halogens is 2. The van der Waals surface area contributed by atoms with Gasteiger partial charge >= 0.3 is 0 Å². The lowest BCUT2D eigenvalue weighted by molar-refractivity contribution is -0.116. The maximum absolute atomic E-state index is 14.3. The van der Waals surface area contributed by atoms with Crippen LogP contribution >= 0.6 is 0 Å². The Hall–Kier alpha value is -3.22. The largest absolute Gasteiger partial charge is 0.494 e. The molecule has 1 aliphatic rings. The number of amides is 1. The summed E-state index contributed by atoms with van der Waals surface area (Å²) in [4.78, 5) is 12.0. The van der Waals surface area contributed by atoms with E-state index in [0.717, 1.165) is 12.8 Å². The Morgan fingerprint density at radius 1 is 1.25 bits per heavy atom. The van der Waals surface area contributed by atoms with Crippen molar-refractivity contribution in [3.05, 3.63) is 53.2 Å². The molecule has 0 saturated heterocycles.